The van der Waals surface area contributed by atoms with Crippen LogP contribution in [0.2, 0.25) is 5.02 Å². The van der Waals surface area contributed by atoms with Crippen molar-refractivity contribution in [3.8, 4) is 11.5 Å². The molecular weight excluding hydrogens is 422 g/mol. The Balaban J connectivity index is 1.56. The van der Waals surface area contributed by atoms with E-state index in [4.69, 9.17) is 26.5 Å². The van der Waals surface area contributed by atoms with Crippen molar-refractivity contribution in [2.75, 3.05) is 7.11 Å². The van der Waals surface area contributed by atoms with Crippen molar-refractivity contribution < 1.29 is 14.3 Å². The van der Waals surface area contributed by atoms with Gasteiger partial charge in [0.1, 0.15) is 12.4 Å². The summed E-state index contributed by atoms with van der Waals surface area (Å²) >= 11 is 7.29. The first-order chi connectivity index (χ1) is 14.4. The van der Waals surface area contributed by atoms with Crippen LogP contribution in [0.15, 0.2) is 64.1 Å². The molecule has 2 aliphatic rings. The van der Waals surface area contributed by atoms with Crippen LogP contribution in [0.25, 0.3) is 6.08 Å². The number of allylic oxidation sites excluding steroid dienone is 1. The Labute approximate surface area is 183 Å². The Morgan fingerprint density at radius 3 is 2.70 bits per heavy atom. The summed E-state index contributed by atoms with van der Waals surface area (Å²) in [5.74, 6) is 0.791. The summed E-state index contributed by atoms with van der Waals surface area (Å²) < 4.78 is 11.3. The molecule has 1 N–H and O–H groups in total. The van der Waals surface area contributed by atoms with Crippen molar-refractivity contribution in [2.24, 2.45) is 4.99 Å². The zero-order valence-electron chi connectivity index (χ0n) is 16.3. The fourth-order valence-corrected chi connectivity index (χ4v) is 3.95. The predicted molar refractivity (Wildman–Crippen MR) is 120 cm³/mol. The summed E-state index contributed by atoms with van der Waals surface area (Å²) in [6.45, 7) is 2.28. The van der Waals surface area contributed by atoms with Gasteiger partial charge in [-0.3, -0.25) is 15.1 Å². The summed E-state index contributed by atoms with van der Waals surface area (Å²) in [4.78, 5) is 19.1. The van der Waals surface area contributed by atoms with Gasteiger partial charge in [-0.1, -0.05) is 41.6 Å². The van der Waals surface area contributed by atoms with Gasteiger partial charge < -0.3 is 9.47 Å². The molecular formula is C22H18ClN3O3S. The lowest BCUT2D eigenvalue weighted by molar-refractivity contribution is -0.114. The largest absolute Gasteiger partial charge is 0.493 e. The number of carbonyl (C=O) groups is 1. The molecule has 2 aromatic rings. The van der Waals surface area contributed by atoms with E-state index >= 15 is 0 Å². The van der Waals surface area contributed by atoms with Crippen molar-refractivity contribution in [1.82, 2.24) is 4.90 Å². The SMILES string of the molecule is COc1cc(C=C2C(=N)N3C=C(C)SC3=NC2=O)ccc1OCc1ccc(Cl)cc1. The number of aliphatic imine (C=N–C) groups is 1. The number of nitrogens with zero attached hydrogens (tertiary/aromatic N) is 2. The van der Waals surface area contributed by atoms with Gasteiger partial charge in [-0.15, -0.1) is 0 Å². The molecule has 0 spiro atoms. The Morgan fingerprint density at radius 2 is 1.97 bits per heavy atom. The second-order valence-corrected chi connectivity index (χ2v) is 8.29. The van der Waals surface area contributed by atoms with Gasteiger partial charge in [0, 0.05) is 16.1 Å². The first-order valence-electron chi connectivity index (χ1n) is 9.09. The Hall–Kier alpha value is -3.03. The van der Waals surface area contributed by atoms with Gasteiger partial charge >= 0.3 is 0 Å². The molecule has 4 rings (SSSR count). The van der Waals surface area contributed by atoms with E-state index in [2.05, 4.69) is 4.99 Å². The lowest BCUT2D eigenvalue weighted by Crippen LogP contribution is -2.35. The van der Waals surface area contributed by atoms with Crippen LogP contribution in [0.5, 0.6) is 11.5 Å². The second kappa shape index (κ2) is 8.38. The highest BCUT2D eigenvalue weighted by Gasteiger charge is 2.32. The molecule has 0 saturated carbocycles. The Morgan fingerprint density at radius 1 is 1.20 bits per heavy atom. The van der Waals surface area contributed by atoms with Crippen molar-refractivity contribution in [3.05, 3.63) is 75.3 Å². The van der Waals surface area contributed by atoms with Crippen LogP contribution in [0.3, 0.4) is 0 Å². The molecule has 0 aromatic heterocycles. The first-order valence-corrected chi connectivity index (χ1v) is 10.3. The molecule has 6 nitrogen and oxygen atoms in total. The number of hydrogen-bond acceptors (Lipinski definition) is 5. The number of thioether (sulfide) groups is 1. The average molecular weight is 440 g/mol. The van der Waals surface area contributed by atoms with Crippen LogP contribution < -0.4 is 9.47 Å². The van der Waals surface area contributed by atoms with Gasteiger partial charge in [-0.05, 0) is 48.4 Å². The number of nitrogens with one attached hydrogen (secondary N) is 1. The summed E-state index contributed by atoms with van der Waals surface area (Å²) in [6, 6.07) is 12.8. The third-order valence-corrected chi connectivity index (χ3v) is 5.65. The fraction of sp³-hybridized carbons (Fsp3) is 0.136. The molecule has 0 atom stereocenters. The number of methoxy groups -OCH3 is 1. The van der Waals surface area contributed by atoms with Gasteiger partial charge in [-0.25, -0.2) is 0 Å². The predicted octanol–water partition coefficient (Wildman–Crippen LogP) is 5.09. The normalized spacial score (nSPS) is 17.0. The summed E-state index contributed by atoms with van der Waals surface area (Å²) in [6.07, 6.45) is 3.45. The number of fused-ring (bicyclic) bond motifs is 1. The smallest absolute Gasteiger partial charge is 0.283 e. The quantitative estimate of drug-likeness (QED) is 0.656. The minimum atomic E-state index is -0.427. The standard InChI is InChI=1S/C22H18ClN3O3S/c1-13-11-26-20(24)17(21(27)25-22(26)30-13)9-15-5-8-18(19(10-15)28-2)29-12-14-3-6-16(23)7-4-14/h3-11,24H,12H2,1-2H3. The average Bonchev–Trinajstić information content (AvgIpc) is 3.11. The monoisotopic (exact) mass is 439 g/mol. The number of carbonyl (C=O) groups excluding carboxylic acids is 1. The maximum Gasteiger partial charge on any atom is 0.283 e. The van der Waals surface area contributed by atoms with Crippen LogP contribution in [0, 0.1) is 5.41 Å². The number of amides is 1. The van der Waals surface area contributed by atoms with Crippen molar-refractivity contribution >= 4 is 46.3 Å². The van der Waals surface area contributed by atoms with Gasteiger partial charge in [0.05, 0.1) is 12.7 Å². The van der Waals surface area contributed by atoms with Gasteiger partial charge in [0.2, 0.25) is 0 Å². The molecule has 0 aliphatic carbocycles. The summed E-state index contributed by atoms with van der Waals surface area (Å²) in [7, 11) is 1.56. The van der Waals surface area contributed by atoms with Gasteiger partial charge in [0.25, 0.3) is 5.91 Å². The fourth-order valence-electron chi connectivity index (χ4n) is 3.00. The number of benzene rings is 2. The van der Waals surface area contributed by atoms with Crippen LogP contribution in [0.1, 0.15) is 18.1 Å². The zero-order valence-corrected chi connectivity index (χ0v) is 17.9. The van der Waals surface area contributed by atoms with Crippen molar-refractivity contribution in [2.45, 2.75) is 13.5 Å². The van der Waals surface area contributed by atoms with E-state index < -0.39 is 5.91 Å². The number of ether oxygens (including phenoxy) is 2. The lowest BCUT2D eigenvalue weighted by Gasteiger charge is -2.22. The molecule has 2 aromatic carbocycles. The Bertz CT molecular complexity index is 1120. The van der Waals surface area contributed by atoms with E-state index in [1.165, 1.54) is 11.8 Å². The molecule has 30 heavy (non-hydrogen) atoms. The molecule has 0 unspecified atom stereocenters. The second-order valence-electron chi connectivity index (χ2n) is 6.64. The van der Waals surface area contributed by atoms with Crippen LogP contribution in [-0.4, -0.2) is 28.9 Å². The Kier molecular flexibility index (Phi) is 5.65. The van der Waals surface area contributed by atoms with Gasteiger partial charge in [-0.2, -0.15) is 4.99 Å². The molecule has 1 amide bonds. The van der Waals surface area contributed by atoms with E-state index in [1.807, 2.05) is 37.3 Å². The molecule has 0 bridgehead atoms. The van der Waals surface area contributed by atoms with Crippen LogP contribution in [-0.2, 0) is 11.4 Å². The highest BCUT2D eigenvalue weighted by Crippen LogP contribution is 2.34. The van der Waals surface area contributed by atoms with E-state index in [1.54, 1.807) is 36.4 Å². The van der Waals surface area contributed by atoms with E-state index in [-0.39, 0.29) is 11.4 Å². The minimum Gasteiger partial charge on any atom is -0.493 e. The maximum absolute atomic E-state index is 12.4. The van der Waals surface area contributed by atoms with Crippen LogP contribution >= 0.6 is 23.4 Å². The number of amidine groups is 2. The molecule has 8 heteroatoms. The van der Waals surface area contributed by atoms with E-state index in [0.29, 0.717) is 33.9 Å². The first kappa shape index (κ1) is 20.3. The van der Waals surface area contributed by atoms with E-state index in [9.17, 15) is 4.79 Å². The third kappa shape index (κ3) is 4.13. The van der Waals surface area contributed by atoms with E-state index in [0.717, 1.165) is 10.5 Å². The van der Waals surface area contributed by atoms with Crippen molar-refractivity contribution in [3.63, 3.8) is 0 Å². The molecule has 0 radical (unpaired) electrons. The minimum absolute atomic E-state index is 0.108. The molecule has 2 heterocycles. The highest BCUT2D eigenvalue weighted by molar-refractivity contribution is 8.17. The number of hydrogen-bond donors (Lipinski definition) is 1. The number of halogens is 1. The topological polar surface area (TPSA) is 75.0 Å². The highest BCUT2D eigenvalue weighted by atomic mass is 35.5. The third-order valence-electron chi connectivity index (χ3n) is 4.50. The maximum atomic E-state index is 12.4. The van der Waals surface area contributed by atoms with Crippen molar-refractivity contribution in [1.29, 1.82) is 5.41 Å². The van der Waals surface area contributed by atoms with Crippen LogP contribution in [0.4, 0.5) is 0 Å². The van der Waals surface area contributed by atoms with Gasteiger partial charge in [0.15, 0.2) is 16.7 Å². The lowest BCUT2D eigenvalue weighted by atomic mass is 10.1. The summed E-state index contributed by atoms with van der Waals surface area (Å²) in [5.41, 5.74) is 1.92. The zero-order chi connectivity index (χ0) is 21.3. The molecule has 152 valence electrons. The molecule has 0 fully saturated rings. The number of rotatable bonds is 5. The molecule has 0 saturated heterocycles. The molecule has 2 aliphatic heterocycles. The summed E-state index contributed by atoms with van der Waals surface area (Å²) in [5, 5.41) is 9.58.